The van der Waals surface area contributed by atoms with E-state index in [0.717, 1.165) is 32.5 Å². The fourth-order valence-electron chi connectivity index (χ4n) is 2.83. The van der Waals surface area contributed by atoms with Gasteiger partial charge in [0, 0.05) is 12.2 Å². The molecule has 3 rings (SSSR count). The molecule has 19 heavy (non-hydrogen) atoms. The summed E-state index contributed by atoms with van der Waals surface area (Å²) in [6.07, 6.45) is 14.0. The van der Waals surface area contributed by atoms with Gasteiger partial charge in [0.15, 0.2) is 0 Å². The van der Waals surface area contributed by atoms with E-state index in [1.807, 2.05) is 18.0 Å². The van der Waals surface area contributed by atoms with Crippen LogP contribution in [0, 0.1) is 0 Å². The third-order valence-electron chi connectivity index (χ3n) is 3.92. The lowest BCUT2D eigenvalue weighted by atomic mass is 9.98. The number of ether oxygens (including phenoxy) is 2. The highest BCUT2D eigenvalue weighted by molar-refractivity contribution is 8.03. The first-order chi connectivity index (χ1) is 9.40. The highest BCUT2D eigenvalue weighted by Crippen LogP contribution is 2.33. The van der Waals surface area contributed by atoms with Gasteiger partial charge in [0.25, 0.3) is 0 Å². The Morgan fingerprint density at radius 2 is 2.26 bits per heavy atom. The Morgan fingerprint density at radius 1 is 1.26 bits per heavy atom. The Labute approximate surface area is 119 Å². The SMILES string of the molecule is C1=C(CC2=COC(CCC3=CCCS3)C2)CCOC1. The first kappa shape index (κ1) is 13.3. The predicted octanol–water partition coefficient (Wildman–Crippen LogP) is 4.20. The van der Waals surface area contributed by atoms with Gasteiger partial charge in [-0.05, 0) is 42.6 Å². The average Bonchev–Trinajstić information content (AvgIpc) is 3.09. The zero-order chi connectivity index (χ0) is 12.9. The van der Waals surface area contributed by atoms with Crippen molar-refractivity contribution in [2.75, 3.05) is 19.0 Å². The quantitative estimate of drug-likeness (QED) is 0.702. The zero-order valence-corrected chi connectivity index (χ0v) is 12.2. The smallest absolute Gasteiger partial charge is 0.102 e. The van der Waals surface area contributed by atoms with Gasteiger partial charge in [-0.3, -0.25) is 0 Å². The van der Waals surface area contributed by atoms with Crippen LogP contribution < -0.4 is 0 Å². The van der Waals surface area contributed by atoms with Gasteiger partial charge in [-0.2, -0.15) is 0 Å². The van der Waals surface area contributed by atoms with Gasteiger partial charge in [-0.25, -0.2) is 0 Å². The summed E-state index contributed by atoms with van der Waals surface area (Å²) in [4.78, 5) is 1.57. The number of hydrogen-bond donors (Lipinski definition) is 0. The van der Waals surface area contributed by atoms with Crippen LogP contribution in [0.5, 0.6) is 0 Å². The van der Waals surface area contributed by atoms with Gasteiger partial charge in [-0.15, -0.1) is 11.8 Å². The van der Waals surface area contributed by atoms with Gasteiger partial charge in [0.1, 0.15) is 6.10 Å². The van der Waals surface area contributed by atoms with Crippen LogP contribution in [-0.2, 0) is 9.47 Å². The van der Waals surface area contributed by atoms with Crippen molar-refractivity contribution >= 4 is 11.8 Å². The van der Waals surface area contributed by atoms with Gasteiger partial charge in [0.05, 0.1) is 19.5 Å². The van der Waals surface area contributed by atoms with Crippen LogP contribution in [0.2, 0.25) is 0 Å². The minimum Gasteiger partial charge on any atom is -0.498 e. The van der Waals surface area contributed by atoms with E-state index in [2.05, 4.69) is 12.2 Å². The maximum atomic E-state index is 5.81. The Bertz CT molecular complexity index is 409. The molecule has 0 aromatic rings. The fourth-order valence-corrected chi connectivity index (χ4v) is 3.82. The molecular weight excluding hydrogens is 256 g/mol. The maximum absolute atomic E-state index is 5.81. The van der Waals surface area contributed by atoms with E-state index in [4.69, 9.17) is 9.47 Å². The van der Waals surface area contributed by atoms with Crippen LogP contribution in [0.1, 0.15) is 38.5 Å². The number of rotatable bonds is 5. The predicted molar refractivity (Wildman–Crippen MR) is 80.1 cm³/mol. The maximum Gasteiger partial charge on any atom is 0.102 e. The molecule has 0 spiro atoms. The Balaban J connectivity index is 1.40. The fraction of sp³-hybridized carbons (Fsp3) is 0.625. The minimum atomic E-state index is 0.414. The van der Waals surface area contributed by atoms with Crippen LogP contribution in [-0.4, -0.2) is 25.1 Å². The summed E-state index contributed by atoms with van der Waals surface area (Å²) >= 11 is 2.02. The van der Waals surface area contributed by atoms with E-state index in [1.165, 1.54) is 36.2 Å². The van der Waals surface area contributed by atoms with E-state index < -0.39 is 0 Å². The van der Waals surface area contributed by atoms with Crippen molar-refractivity contribution in [2.24, 2.45) is 0 Å². The molecule has 0 N–H and O–H groups in total. The lowest BCUT2D eigenvalue weighted by Gasteiger charge is -2.14. The molecule has 0 aromatic heterocycles. The molecule has 0 radical (unpaired) electrons. The van der Waals surface area contributed by atoms with E-state index in [9.17, 15) is 0 Å². The number of thioether (sulfide) groups is 1. The number of hydrogen-bond acceptors (Lipinski definition) is 3. The van der Waals surface area contributed by atoms with Crippen molar-refractivity contribution in [1.82, 2.24) is 0 Å². The zero-order valence-electron chi connectivity index (χ0n) is 11.4. The van der Waals surface area contributed by atoms with Gasteiger partial charge in [0.2, 0.25) is 0 Å². The lowest BCUT2D eigenvalue weighted by molar-refractivity contribution is 0.154. The molecule has 0 aromatic carbocycles. The van der Waals surface area contributed by atoms with Crippen molar-refractivity contribution < 1.29 is 9.47 Å². The van der Waals surface area contributed by atoms with E-state index in [0.29, 0.717) is 6.10 Å². The van der Waals surface area contributed by atoms with Crippen LogP contribution in [0.15, 0.2) is 34.5 Å². The summed E-state index contributed by atoms with van der Waals surface area (Å²) in [5, 5.41) is 0. The van der Waals surface area contributed by atoms with E-state index in [1.54, 1.807) is 4.91 Å². The summed E-state index contributed by atoms with van der Waals surface area (Å²) in [6, 6.07) is 0. The molecule has 1 atom stereocenters. The molecule has 3 aliphatic rings. The molecule has 104 valence electrons. The third-order valence-corrected chi connectivity index (χ3v) is 5.10. The molecule has 0 amide bonds. The minimum absolute atomic E-state index is 0.414. The monoisotopic (exact) mass is 278 g/mol. The summed E-state index contributed by atoms with van der Waals surface area (Å²) < 4.78 is 11.2. The molecule has 3 heteroatoms. The van der Waals surface area contributed by atoms with Gasteiger partial charge < -0.3 is 9.47 Å². The largest absolute Gasteiger partial charge is 0.498 e. The van der Waals surface area contributed by atoms with E-state index in [-0.39, 0.29) is 0 Å². The first-order valence-corrected chi connectivity index (χ1v) is 8.29. The molecular formula is C16H22O2S. The normalized spacial score (nSPS) is 26.7. The summed E-state index contributed by atoms with van der Waals surface area (Å²) in [7, 11) is 0. The highest BCUT2D eigenvalue weighted by Gasteiger charge is 2.20. The topological polar surface area (TPSA) is 18.5 Å². The molecule has 2 nitrogen and oxygen atoms in total. The summed E-state index contributed by atoms with van der Waals surface area (Å²) in [5.74, 6) is 1.28. The molecule has 3 heterocycles. The van der Waals surface area contributed by atoms with Crippen molar-refractivity contribution in [1.29, 1.82) is 0 Å². The van der Waals surface area contributed by atoms with Crippen molar-refractivity contribution in [3.8, 4) is 0 Å². The van der Waals surface area contributed by atoms with Gasteiger partial charge in [-0.1, -0.05) is 17.7 Å². The summed E-state index contributed by atoms with van der Waals surface area (Å²) in [6.45, 7) is 1.67. The van der Waals surface area contributed by atoms with Crippen molar-refractivity contribution in [2.45, 2.75) is 44.6 Å². The van der Waals surface area contributed by atoms with Crippen LogP contribution in [0.25, 0.3) is 0 Å². The first-order valence-electron chi connectivity index (χ1n) is 7.31. The molecule has 0 saturated heterocycles. The molecule has 0 bridgehead atoms. The average molecular weight is 278 g/mol. The summed E-state index contributed by atoms with van der Waals surface area (Å²) in [5.41, 5.74) is 2.99. The second kappa shape index (κ2) is 6.67. The molecule has 0 fully saturated rings. The van der Waals surface area contributed by atoms with Crippen molar-refractivity contribution in [3.63, 3.8) is 0 Å². The Morgan fingerprint density at radius 3 is 3.05 bits per heavy atom. The van der Waals surface area contributed by atoms with Crippen LogP contribution in [0.3, 0.4) is 0 Å². The molecule has 1 unspecified atom stereocenters. The standard InChI is InChI=1S/C16H22O2S/c1-2-16(19-9-1)4-3-15-11-14(12-18-15)10-13-5-7-17-8-6-13/h2,5,12,15H,1,3-4,6-11H2. The molecule has 0 aliphatic carbocycles. The molecule has 3 aliphatic heterocycles. The van der Waals surface area contributed by atoms with E-state index >= 15 is 0 Å². The van der Waals surface area contributed by atoms with Crippen LogP contribution in [0.4, 0.5) is 0 Å². The second-order valence-corrected chi connectivity index (χ2v) is 6.67. The Hall–Kier alpha value is -0.670. The third kappa shape index (κ3) is 3.90. The lowest BCUT2D eigenvalue weighted by Crippen LogP contribution is -2.07. The number of allylic oxidation sites excluding steroid dienone is 2. The second-order valence-electron chi connectivity index (χ2n) is 5.45. The molecule has 0 saturated carbocycles. The van der Waals surface area contributed by atoms with Crippen LogP contribution >= 0.6 is 11.8 Å². The van der Waals surface area contributed by atoms with Crippen molar-refractivity contribution in [3.05, 3.63) is 34.5 Å². The highest BCUT2D eigenvalue weighted by atomic mass is 32.2. The van der Waals surface area contributed by atoms with Gasteiger partial charge >= 0.3 is 0 Å². The Kier molecular flexibility index (Phi) is 4.67.